The second-order valence-electron chi connectivity index (χ2n) is 3.57. The first-order valence-electron chi connectivity index (χ1n) is 4.23. The lowest BCUT2D eigenvalue weighted by atomic mass is 10.1. The van der Waals surface area contributed by atoms with Gasteiger partial charge in [-0.3, -0.25) is 4.99 Å². The van der Waals surface area contributed by atoms with E-state index in [1.807, 2.05) is 6.92 Å². The van der Waals surface area contributed by atoms with Gasteiger partial charge < -0.3 is 0 Å². The molecule has 0 radical (unpaired) electrons. The maximum absolute atomic E-state index is 4.44. The van der Waals surface area contributed by atoms with Crippen molar-refractivity contribution in [3.05, 3.63) is 12.7 Å². The van der Waals surface area contributed by atoms with E-state index in [2.05, 4.69) is 37.3 Å². The standard InChI is InChI=1S/C10H18N2/c1-6-8-11-9(7-2)12-10(3,4)5/h6,8H,1,7H2,2-5H3. The molecule has 0 saturated carbocycles. The van der Waals surface area contributed by atoms with Crippen LogP contribution in [0.15, 0.2) is 22.6 Å². The molecule has 0 spiro atoms. The fourth-order valence-corrected chi connectivity index (χ4v) is 0.725. The summed E-state index contributed by atoms with van der Waals surface area (Å²) in [5, 5.41) is 0. The van der Waals surface area contributed by atoms with Gasteiger partial charge in [-0.25, -0.2) is 4.99 Å². The molecule has 0 rings (SSSR count). The molecule has 0 heterocycles. The van der Waals surface area contributed by atoms with E-state index >= 15 is 0 Å². The highest BCUT2D eigenvalue weighted by Gasteiger charge is 2.07. The van der Waals surface area contributed by atoms with Crippen LogP contribution >= 0.6 is 0 Å². The maximum Gasteiger partial charge on any atom is 0.123 e. The Morgan fingerprint density at radius 3 is 2.33 bits per heavy atom. The quantitative estimate of drug-likeness (QED) is 0.445. The molecule has 0 bridgehead atoms. The third-order valence-electron chi connectivity index (χ3n) is 1.11. The maximum atomic E-state index is 4.44. The van der Waals surface area contributed by atoms with Crippen molar-refractivity contribution < 1.29 is 0 Å². The second-order valence-corrected chi connectivity index (χ2v) is 3.57. The number of hydrogen-bond donors (Lipinski definition) is 0. The summed E-state index contributed by atoms with van der Waals surface area (Å²) in [6, 6.07) is 0. The van der Waals surface area contributed by atoms with E-state index in [0.29, 0.717) is 0 Å². The zero-order valence-corrected chi connectivity index (χ0v) is 8.46. The van der Waals surface area contributed by atoms with Crippen molar-refractivity contribution in [3.8, 4) is 0 Å². The van der Waals surface area contributed by atoms with Crippen LogP contribution in [0.4, 0.5) is 0 Å². The number of hydrogen-bond acceptors (Lipinski definition) is 1. The monoisotopic (exact) mass is 166 g/mol. The molecular formula is C10H18N2. The molecule has 2 heteroatoms. The van der Waals surface area contributed by atoms with Crippen LogP contribution in [0, 0.1) is 0 Å². The molecule has 0 saturated heterocycles. The van der Waals surface area contributed by atoms with Crippen molar-refractivity contribution in [2.75, 3.05) is 0 Å². The van der Waals surface area contributed by atoms with Crippen LogP contribution in [0.5, 0.6) is 0 Å². The van der Waals surface area contributed by atoms with Crippen molar-refractivity contribution in [2.45, 2.75) is 39.7 Å². The molecule has 0 N–H and O–H groups in total. The van der Waals surface area contributed by atoms with E-state index in [1.54, 1.807) is 12.3 Å². The smallest absolute Gasteiger partial charge is 0.123 e. The van der Waals surface area contributed by atoms with E-state index in [9.17, 15) is 0 Å². The lowest BCUT2D eigenvalue weighted by Crippen LogP contribution is -2.12. The van der Waals surface area contributed by atoms with Gasteiger partial charge in [-0.1, -0.05) is 19.6 Å². The Bertz CT molecular complexity index is 194. The average molecular weight is 166 g/mol. The highest BCUT2D eigenvalue weighted by atomic mass is 14.9. The number of rotatable bonds is 2. The van der Waals surface area contributed by atoms with Crippen LogP contribution in [0.25, 0.3) is 0 Å². The van der Waals surface area contributed by atoms with Gasteiger partial charge in [-0.15, -0.1) is 0 Å². The first kappa shape index (κ1) is 11.1. The summed E-state index contributed by atoms with van der Waals surface area (Å²) in [5.74, 6) is 0.877. The van der Waals surface area contributed by atoms with Gasteiger partial charge >= 0.3 is 0 Å². The minimum Gasteiger partial charge on any atom is -0.265 e. The van der Waals surface area contributed by atoms with Gasteiger partial charge in [0.05, 0.1) is 5.54 Å². The predicted molar refractivity (Wildman–Crippen MR) is 56.2 cm³/mol. The summed E-state index contributed by atoms with van der Waals surface area (Å²) in [6.07, 6.45) is 4.20. The van der Waals surface area contributed by atoms with E-state index in [4.69, 9.17) is 0 Å². The van der Waals surface area contributed by atoms with E-state index in [1.165, 1.54) is 0 Å². The minimum atomic E-state index is -0.0378. The Kier molecular flexibility index (Phi) is 4.49. The van der Waals surface area contributed by atoms with E-state index in [-0.39, 0.29) is 5.54 Å². The first-order chi connectivity index (χ1) is 5.49. The Balaban J connectivity index is 4.43. The van der Waals surface area contributed by atoms with E-state index in [0.717, 1.165) is 12.3 Å². The molecule has 0 unspecified atom stereocenters. The van der Waals surface area contributed by atoms with Crippen LogP contribution < -0.4 is 0 Å². The molecule has 2 nitrogen and oxygen atoms in total. The molecule has 0 fully saturated rings. The molecule has 68 valence electrons. The molecule has 0 aromatic heterocycles. The summed E-state index contributed by atoms with van der Waals surface area (Å²) >= 11 is 0. The molecule has 0 aliphatic carbocycles. The highest BCUT2D eigenvalue weighted by molar-refractivity contribution is 5.92. The van der Waals surface area contributed by atoms with Crippen LogP contribution in [-0.4, -0.2) is 17.6 Å². The summed E-state index contributed by atoms with van der Waals surface area (Å²) in [6.45, 7) is 11.8. The van der Waals surface area contributed by atoms with Crippen LogP contribution in [0.2, 0.25) is 0 Å². The van der Waals surface area contributed by atoms with Crippen molar-refractivity contribution in [2.24, 2.45) is 9.98 Å². The van der Waals surface area contributed by atoms with Gasteiger partial charge in [0.1, 0.15) is 5.84 Å². The first-order valence-corrected chi connectivity index (χ1v) is 4.23. The highest BCUT2D eigenvalue weighted by Crippen LogP contribution is 2.08. The fourth-order valence-electron chi connectivity index (χ4n) is 0.725. The summed E-state index contributed by atoms with van der Waals surface area (Å²) in [7, 11) is 0. The average Bonchev–Trinajstić information content (AvgIpc) is 1.95. The molecule has 0 amide bonds. The summed E-state index contributed by atoms with van der Waals surface area (Å²) in [4.78, 5) is 8.59. The van der Waals surface area contributed by atoms with Gasteiger partial charge in [-0.05, 0) is 20.8 Å². The van der Waals surface area contributed by atoms with Crippen molar-refractivity contribution in [1.82, 2.24) is 0 Å². The number of nitrogens with zero attached hydrogens (tertiary/aromatic N) is 2. The Hall–Kier alpha value is -0.920. The van der Waals surface area contributed by atoms with Crippen molar-refractivity contribution in [1.29, 1.82) is 0 Å². The zero-order valence-electron chi connectivity index (χ0n) is 8.46. The summed E-state index contributed by atoms with van der Waals surface area (Å²) in [5.41, 5.74) is -0.0378. The van der Waals surface area contributed by atoms with E-state index < -0.39 is 0 Å². The normalized spacial score (nSPS) is 13.8. The topological polar surface area (TPSA) is 24.7 Å². The number of aliphatic imine (C=N–C) groups is 2. The van der Waals surface area contributed by atoms with Gasteiger partial charge in [0.2, 0.25) is 0 Å². The summed E-state index contributed by atoms with van der Waals surface area (Å²) < 4.78 is 0. The largest absolute Gasteiger partial charge is 0.265 e. The Morgan fingerprint density at radius 1 is 1.42 bits per heavy atom. The van der Waals surface area contributed by atoms with Crippen molar-refractivity contribution >= 4 is 12.1 Å². The number of allylic oxidation sites excluding steroid dienone is 1. The van der Waals surface area contributed by atoms with Crippen LogP contribution in [0.1, 0.15) is 34.1 Å². The van der Waals surface area contributed by atoms with Crippen LogP contribution in [-0.2, 0) is 0 Å². The van der Waals surface area contributed by atoms with Gasteiger partial charge in [0.25, 0.3) is 0 Å². The molecule has 12 heavy (non-hydrogen) atoms. The van der Waals surface area contributed by atoms with Gasteiger partial charge in [-0.2, -0.15) is 0 Å². The fraction of sp³-hybridized carbons (Fsp3) is 0.600. The number of amidine groups is 1. The molecule has 0 aromatic rings. The molecule has 0 aliphatic heterocycles. The third-order valence-corrected chi connectivity index (χ3v) is 1.11. The lowest BCUT2D eigenvalue weighted by molar-refractivity contribution is 0.581. The van der Waals surface area contributed by atoms with Gasteiger partial charge in [0, 0.05) is 12.6 Å². The molecule has 0 atom stereocenters. The Labute approximate surface area is 75.1 Å². The van der Waals surface area contributed by atoms with Gasteiger partial charge in [0.15, 0.2) is 0 Å². The Morgan fingerprint density at radius 2 is 2.00 bits per heavy atom. The zero-order chi connectivity index (χ0) is 9.61. The lowest BCUT2D eigenvalue weighted by Gasteiger charge is -2.12. The molecular weight excluding hydrogens is 148 g/mol. The van der Waals surface area contributed by atoms with Crippen LogP contribution in [0.3, 0.4) is 0 Å². The third kappa shape index (κ3) is 5.83. The molecule has 0 aliphatic rings. The van der Waals surface area contributed by atoms with Crippen molar-refractivity contribution in [3.63, 3.8) is 0 Å². The second kappa shape index (κ2) is 4.86. The SMILES string of the molecule is C=CC=NC(CC)=NC(C)(C)C. The molecule has 0 aromatic carbocycles. The predicted octanol–water partition coefficient (Wildman–Crippen LogP) is 2.85. The minimum absolute atomic E-state index is 0.0378.